The SMILES string of the molecule is Cn1c(-c2cccc([Si](c3ccccc3)(c3ccccc3)c3cccc(-n4c5ccccc5c5c6c(cnc54)Sc4ccccc4[Si]6(c4ccccc4)c4ccccc4)c3)c2)nc2ccccc21. The Bertz CT molecular complexity index is 3770. The Balaban J connectivity index is 1.10. The van der Waals surface area contributed by atoms with Gasteiger partial charge in [-0.25, -0.2) is 9.97 Å². The lowest BCUT2D eigenvalue weighted by atomic mass is 10.2. The van der Waals surface area contributed by atoms with E-state index in [2.05, 4.69) is 265 Å². The fourth-order valence-corrected chi connectivity index (χ4v) is 23.4. The van der Waals surface area contributed by atoms with E-state index in [0.29, 0.717) is 0 Å². The van der Waals surface area contributed by atoms with E-state index >= 15 is 0 Å². The van der Waals surface area contributed by atoms with E-state index in [0.717, 1.165) is 39.3 Å². The molecule has 7 heteroatoms. The van der Waals surface area contributed by atoms with E-state index < -0.39 is 16.1 Å². The number of rotatable bonds is 8. The normalized spacial score (nSPS) is 13.1. The van der Waals surface area contributed by atoms with Crippen molar-refractivity contribution in [3.63, 3.8) is 0 Å². The Morgan fingerprint density at radius 3 is 1.74 bits per heavy atom. The van der Waals surface area contributed by atoms with Gasteiger partial charge < -0.3 is 4.57 Å². The lowest BCUT2D eigenvalue weighted by molar-refractivity contribution is 0.959. The van der Waals surface area contributed by atoms with Crippen LogP contribution in [0, 0.1) is 0 Å². The lowest BCUT2D eigenvalue weighted by Crippen LogP contribution is -2.76. The Kier molecular flexibility index (Phi) is 9.64. The summed E-state index contributed by atoms with van der Waals surface area (Å²) in [6.07, 6.45) is 2.17. The van der Waals surface area contributed by atoms with Crippen molar-refractivity contribution < 1.29 is 0 Å². The third-order valence-corrected chi connectivity index (χ3v) is 25.4. The molecule has 4 heterocycles. The third kappa shape index (κ3) is 5.99. The molecule has 0 N–H and O–H groups in total. The molecule has 0 unspecified atom stereocenters. The molecule has 1 aliphatic rings. The zero-order chi connectivity index (χ0) is 45.2. The first-order chi connectivity index (χ1) is 33.7. The molecule has 9 aromatic carbocycles. The molecule has 0 spiro atoms. The highest BCUT2D eigenvalue weighted by Crippen LogP contribution is 2.39. The second-order valence-electron chi connectivity index (χ2n) is 17.7. The summed E-state index contributed by atoms with van der Waals surface area (Å²) in [5, 5.41) is 13.2. The number of hydrogen-bond acceptors (Lipinski definition) is 3. The van der Waals surface area contributed by atoms with Crippen molar-refractivity contribution in [3.05, 3.63) is 249 Å². The Morgan fingerprint density at radius 2 is 1.04 bits per heavy atom. The van der Waals surface area contributed by atoms with Gasteiger partial charge >= 0.3 is 0 Å². The number of aryl methyl sites for hydroxylation is 1. The monoisotopic (exact) mass is 920 g/mol. The topological polar surface area (TPSA) is 35.6 Å². The van der Waals surface area contributed by atoms with Crippen LogP contribution in [0.3, 0.4) is 0 Å². The largest absolute Gasteiger partial charge is 0.327 e. The molecule has 322 valence electrons. The summed E-state index contributed by atoms with van der Waals surface area (Å²) in [7, 11) is -3.86. The van der Waals surface area contributed by atoms with E-state index in [9.17, 15) is 0 Å². The van der Waals surface area contributed by atoms with Gasteiger partial charge in [0.2, 0.25) is 0 Å². The number of pyridine rings is 1. The van der Waals surface area contributed by atoms with Crippen molar-refractivity contribution in [2.24, 2.45) is 7.05 Å². The predicted octanol–water partition coefficient (Wildman–Crippen LogP) is 8.95. The molecule has 4 nitrogen and oxygen atoms in total. The maximum atomic E-state index is 5.54. The minimum Gasteiger partial charge on any atom is -0.327 e. The first-order valence-electron chi connectivity index (χ1n) is 23.2. The first kappa shape index (κ1) is 40.5. The molecule has 3 aromatic heterocycles. The highest BCUT2D eigenvalue weighted by Gasteiger charge is 2.49. The third-order valence-electron chi connectivity index (χ3n) is 14.2. The van der Waals surface area contributed by atoms with Crippen molar-refractivity contribution in [1.82, 2.24) is 19.1 Å². The zero-order valence-electron chi connectivity index (χ0n) is 37.4. The van der Waals surface area contributed by atoms with Crippen molar-refractivity contribution >= 4 is 102 Å². The number of fused-ring (bicyclic) bond motifs is 7. The summed E-state index contributed by atoms with van der Waals surface area (Å²) in [6.45, 7) is 0. The van der Waals surface area contributed by atoms with Crippen LogP contribution in [-0.4, -0.2) is 35.2 Å². The average molecular weight is 921 g/mol. The van der Waals surface area contributed by atoms with Gasteiger partial charge in [-0.15, -0.1) is 0 Å². The van der Waals surface area contributed by atoms with E-state index in [1.54, 1.807) is 0 Å². The average Bonchev–Trinajstić information content (AvgIpc) is 3.94. The van der Waals surface area contributed by atoms with Gasteiger partial charge in [-0.3, -0.25) is 4.57 Å². The number of nitrogens with zero attached hydrogens (tertiary/aromatic N) is 4. The van der Waals surface area contributed by atoms with Crippen LogP contribution < -0.4 is 41.5 Å². The van der Waals surface area contributed by atoms with Gasteiger partial charge in [0.25, 0.3) is 0 Å². The van der Waals surface area contributed by atoms with Gasteiger partial charge in [0.1, 0.15) is 11.5 Å². The van der Waals surface area contributed by atoms with Crippen LogP contribution in [0.2, 0.25) is 0 Å². The fraction of sp³-hybridized carbons (Fsp3) is 0.0164. The molecule has 0 atom stereocenters. The molecule has 0 fully saturated rings. The van der Waals surface area contributed by atoms with Crippen LogP contribution in [0.25, 0.3) is 50.0 Å². The van der Waals surface area contributed by atoms with Crippen LogP contribution >= 0.6 is 11.8 Å². The Morgan fingerprint density at radius 1 is 0.485 bits per heavy atom. The van der Waals surface area contributed by atoms with Crippen molar-refractivity contribution in [2.75, 3.05) is 0 Å². The van der Waals surface area contributed by atoms with Gasteiger partial charge in [-0.1, -0.05) is 218 Å². The summed E-state index contributed by atoms with van der Waals surface area (Å²) in [5.74, 6) is 0.955. The minimum absolute atomic E-state index is 0.955. The molecule has 0 radical (unpaired) electrons. The molecule has 13 rings (SSSR count). The molecule has 12 aromatic rings. The summed E-state index contributed by atoms with van der Waals surface area (Å²) >= 11 is 1.87. The van der Waals surface area contributed by atoms with Crippen molar-refractivity contribution in [1.29, 1.82) is 0 Å². The molecule has 0 aliphatic carbocycles. The van der Waals surface area contributed by atoms with Crippen molar-refractivity contribution in [2.45, 2.75) is 9.79 Å². The highest BCUT2D eigenvalue weighted by atomic mass is 32.2. The lowest BCUT2D eigenvalue weighted by Gasteiger charge is -2.40. The number of hydrogen-bond donors (Lipinski definition) is 0. The van der Waals surface area contributed by atoms with Crippen LogP contribution in [0.15, 0.2) is 259 Å². The maximum absolute atomic E-state index is 5.54. The van der Waals surface area contributed by atoms with Crippen LogP contribution in [0.1, 0.15) is 0 Å². The van der Waals surface area contributed by atoms with Crippen LogP contribution in [-0.2, 0) is 7.05 Å². The smallest absolute Gasteiger partial charge is 0.182 e. The number of imidazole rings is 1. The van der Waals surface area contributed by atoms with Gasteiger partial charge in [-0.2, -0.15) is 0 Å². The molecule has 1 aliphatic heterocycles. The van der Waals surface area contributed by atoms with Crippen LogP contribution in [0.4, 0.5) is 0 Å². The minimum atomic E-state index is -3.04. The Labute approximate surface area is 401 Å². The van der Waals surface area contributed by atoms with Gasteiger partial charge in [0.05, 0.1) is 16.6 Å². The quantitative estimate of drug-likeness (QED) is 0.113. The summed E-state index contributed by atoms with van der Waals surface area (Å²) in [6, 6.07) is 90.2. The molecule has 0 saturated heterocycles. The van der Waals surface area contributed by atoms with E-state index in [-0.39, 0.29) is 0 Å². The Hall–Kier alpha value is -7.82. The van der Waals surface area contributed by atoms with Crippen molar-refractivity contribution in [3.8, 4) is 17.1 Å². The number of benzene rings is 9. The van der Waals surface area contributed by atoms with Gasteiger partial charge in [0, 0.05) is 45.1 Å². The summed E-state index contributed by atoms with van der Waals surface area (Å²) in [5.41, 5.74) is 6.42. The predicted molar refractivity (Wildman–Crippen MR) is 290 cm³/mol. The molecule has 0 amide bonds. The highest BCUT2D eigenvalue weighted by molar-refractivity contribution is 8.00. The fourth-order valence-electron chi connectivity index (χ4n) is 11.4. The molecule has 0 bridgehead atoms. The molecular weight excluding hydrogens is 877 g/mol. The molecule has 68 heavy (non-hydrogen) atoms. The van der Waals surface area contributed by atoms with E-state index in [4.69, 9.17) is 9.97 Å². The van der Waals surface area contributed by atoms with E-state index in [1.807, 2.05) is 11.8 Å². The zero-order valence-corrected chi connectivity index (χ0v) is 40.2. The number of para-hydroxylation sites is 3. The maximum Gasteiger partial charge on any atom is 0.182 e. The standard InChI is InChI=1S/C61H44N4SSi2/c1-64-54-37-17-15-35-52(54)63-60(64)43-22-20-32-49(40-43)67(45-24-6-2-7-25-45,46-26-8-3-9-27-46)50-33-21-23-44(41-50)65-53-36-16-14-34-51(53)58-59-56(42-62-61(58)65)66-55-38-18-19-39-57(55)68(59,47-28-10-4-11-29-47)48-30-12-5-13-31-48/h2-42H,1H3. The first-order valence-corrected chi connectivity index (χ1v) is 28.0. The van der Waals surface area contributed by atoms with Gasteiger partial charge in [-0.05, 0) is 77.9 Å². The summed E-state index contributed by atoms with van der Waals surface area (Å²) < 4.78 is 4.67. The van der Waals surface area contributed by atoms with E-state index in [1.165, 1.54) is 62.1 Å². The molecular formula is C61H44N4SSi2. The van der Waals surface area contributed by atoms with Crippen LogP contribution in [0.5, 0.6) is 0 Å². The second-order valence-corrected chi connectivity index (χ2v) is 26.3. The number of aromatic nitrogens is 4. The van der Waals surface area contributed by atoms with Gasteiger partial charge in [0.15, 0.2) is 16.1 Å². The second kappa shape index (κ2) is 16.2. The molecule has 0 saturated carbocycles. The summed E-state index contributed by atoms with van der Waals surface area (Å²) in [4.78, 5) is 13.3.